The van der Waals surface area contributed by atoms with E-state index in [4.69, 9.17) is 10.2 Å². The molecule has 1 aromatic heterocycles. The van der Waals surface area contributed by atoms with Crippen LogP contribution in [0.2, 0.25) is 0 Å². The van der Waals surface area contributed by atoms with Crippen molar-refractivity contribution in [2.45, 2.75) is 13.0 Å². The third-order valence-corrected chi connectivity index (χ3v) is 1.45. The smallest absolute Gasteiger partial charge is 0.338 e. The number of carboxylic acid groups (broad SMARTS) is 1. The Kier molecular flexibility index (Phi) is 4.37. The highest BCUT2D eigenvalue weighted by Gasteiger charge is 2.16. The zero-order valence-electron chi connectivity index (χ0n) is 6.97. The van der Waals surface area contributed by atoms with Crippen molar-refractivity contribution in [3.05, 3.63) is 29.6 Å². The summed E-state index contributed by atoms with van der Waals surface area (Å²) >= 11 is 0. The average Bonchev–Trinajstić information content (AvgIpc) is 2.03. The first-order valence-electron chi connectivity index (χ1n) is 3.44. The number of hydrogen-bond donors (Lipinski definition) is 2. The third kappa shape index (κ3) is 3.01. The van der Waals surface area contributed by atoms with Gasteiger partial charge in [0.2, 0.25) is 0 Å². The number of halogens is 1. The van der Waals surface area contributed by atoms with Gasteiger partial charge in [-0.1, -0.05) is 0 Å². The molecule has 1 unspecified atom stereocenters. The second kappa shape index (κ2) is 4.79. The first-order chi connectivity index (χ1) is 5.61. The molecule has 0 spiro atoms. The molecule has 0 aliphatic rings. The number of carboxylic acids is 1. The van der Waals surface area contributed by atoms with Gasteiger partial charge < -0.3 is 10.2 Å². The van der Waals surface area contributed by atoms with E-state index >= 15 is 0 Å². The molecule has 4 nitrogen and oxygen atoms in total. The number of aromatic nitrogens is 1. The molecule has 1 heterocycles. The minimum atomic E-state index is -1.52. The van der Waals surface area contributed by atoms with Crippen LogP contribution in [0.25, 0.3) is 0 Å². The van der Waals surface area contributed by atoms with Crippen LogP contribution in [0, 0.1) is 6.92 Å². The maximum absolute atomic E-state index is 10.3. The fourth-order valence-corrected chi connectivity index (χ4v) is 0.836. The summed E-state index contributed by atoms with van der Waals surface area (Å²) in [5.41, 5.74) is 1.04. The van der Waals surface area contributed by atoms with Crippen LogP contribution in [0.3, 0.4) is 0 Å². The van der Waals surface area contributed by atoms with E-state index in [1.54, 1.807) is 19.1 Å². The standard InChI is InChI=1S/C8H9NO3.ClH/c1-5-2-3-9-6(4-5)7(10)8(11)12;/h2-4,7,10H,1H3,(H,11,12);1H. The van der Waals surface area contributed by atoms with Gasteiger partial charge in [-0.3, -0.25) is 4.98 Å². The van der Waals surface area contributed by atoms with Gasteiger partial charge >= 0.3 is 5.97 Å². The molecule has 1 aromatic rings. The molecule has 5 heteroatoms. The average molecular weight is 204 g/mol. The maximum Gasteiger partial charge on any atom is 0.338 e. The number of aliphatic carboxylic acids is 1. The van der Waals surface area contributed by atoms with Crippen molar-refractivity contribution in [2.75, 3.05) is 0 Å². The highest BCUT2D eigenvalue weighted by molar-refractivity contribution is 5.85. The number of aliphatic hydroxyl groups excluding tert-OH is 1. The predicted molar refractivity (Wildman–Crippen MR) is 48.8 cm³/mol. The Morgan fingerprint density at radius 2 is 2.23 bits per heavy atom. The molecule has 2 N–H and O–H groups in total. The van der Waals surface area contributed by atoms with Crippen LogP contribution in [0.15, 0.2) is 18.3 Å². The lowest BCUT2D eigenvalue weighted by Gasteiger charge is -2.04. The van der Waals surface area contributed by atoms with E-state index in [0.717, 1.165) is 5.56 Å². The zero-order chi connectivity index (χ0) is 9.14. The predicted octanol–water partition coefficient (Wildman–Crippen LogP) is 0.930. The number of rotatable bonds is 2. The second-order valence-corrected chi connectivity index (χ2v) is 2.50. The van der Waals surface area contributed by atoms with Crippen molar-refractivity contribution in [3.8, 4) is 0 Å². The summed E-state index contributed by atoms with van der Waals surface area (Å²) in [6, 6.07) is 3.27. The molecular weight excluding hydrogens is 194 g/mol. The summed E-state index contributed by atoms with van der Waals surface area (Å²) in [5, 5.41) is 17.5. The monoisotopic (exact) mass is 203 g/mol. The van der Waals surface area contributed by atoms with Crippen LogP contribution in [0.4, 0.5) is 0 Å². The van der Waals surface area contributed by atoms with E-state index in [1.807, 2.05) is 0 Å². The molecule has 0 aromatic carbocycles. The lowest BCUT2D eigenvalue weighted by molar-refractivity contribution is -0.147. The molecule has 0 radical (unpaired) electrons. The normalized spacial score (nSPS) is 11.5. The van der Waals surface area contributed by atoms with Crippen molar-refractivity contribution in [3.63, 3.8) is 0 Å². The Morgan fingerprint density at radius 3 is 2.69 bits per heavy atom. The van der Waals surface area contributed by atoms with Crippen molar-refractivity contribution >= 4 is 18.4 Å². The topological polar surface area (TPSA) is 70.4 Å². The first-order valence-corrected chi connectivity index (χ1v) is 3.44. The summed E-state index contributed by atoms with van der Waals surface area (Å²) < 4.78 is 0. The number of pyridine rings is 1. The van der Waals surface area contributed by atoms with E-state index in [9.17, 15) is 4.79 Å². The molecule has 1 atom stereocenters. The van der Waals surface area contributed by atoms with Crippen LogP contribution in [0.5, 0.6) is 0 Å². The molecule has 0 aliphatic heterocycles. The van der Waals surface area contributed by atoms with Crippen LogP contribution >= 0.6 is 12.4 Å². The van der Waals surface area contributed by atoms with Gasteiger partial charge in [0, 0.05) is 6.20 Å². The SMILES string of the molecule is Cc1ccnc(C(O)C(=O)O)c1.Cl. The fraction of sp³-hybridized carbons (Fsp3) is 0.250. The van der Waals surface area contributed by atoms with Gasteiger partial charge in [0.25, 0.3) is 0 Å². The highest BCUT2D eigenvalue weighted by Crippen LogP contribution is 2.10. The van der Waals surface area contributed by atoms with Crippen molar-refractivity contribution in [1.29, 1.82) is 0 Å². The van der Waals surface area contributed by atoms with Crippen molar-refractivity contribution in [1.82, 2.24) is 4.98 Å². The fourth-order valence-electron chi connectivity index (χ4n) is 0.836. The molecular formula is C8H10ClNO3. The van der Waals surface area contributed by atoms with Gasteiger partial charge in [-0.2, -0.15) is 0 Å². The molecule has 1 rings (SSSR count). The minimum Gasteiger partial charge on any atom is -0.479 e. The summed E-state index contributed by atoms with van der Waals surface area (Å²) in [6.07, 6.45) is -0.0542. The van der Waals surface area contributed by atoms with Gasteiger partial charge in [-0.05, 0) is 24.6 Å². The van der Waals surface area contributed by atoms with Crippen LogP contribution < -0.4 is 0 Å². The highest BCUT2D eigenvalue weighted by atomic mass is 35.5. The van der Waals surface area contributed by atoms with E-state index < -0.39 is 12.1 Å². The van der Waals surface area contributed by atoms with Gasteiger partial charge in [-0.25, -0.2) is 4.79 Å². The van der Waals surface area contributed by atoms with Crippen LogP contribution in [-0.4, -0.2) is 21.2 Å². The summed E-state index contributed by atoms with van der Waals surface area (Å²) in [6.45, 7) is 1.81. The Hall–Kier alpha value is -1.13. The zero-order valence-corrected chi connectivity index (χ0v) is 7.78. The van der Waals surface area contributed by atoms with Gasteiger partial charge in [0.1, 0.15) is 0 Å². The molecule has 72 valence electrons. The molecule has 0 aliphatic carbocycles. The molecule has 0 saturated carbocycles. The Labute approximate surface area is 81.6 Å². The number of aryl methyl sites for hydroxylation is 1. The number of carbonyl (C=O) groups is 1. The lowest BCUT2D eigenvalue weighted by atomic mass is 10.2. The van der Waals surface area contributed by atoms with Crippen LogP contribution in [-0.2, 0) is 4.79 Å². The minimum absolute atomic E-state index is 0. The number of aliphatic hydroxyl groups is 1. The van der Waals surface area contributed by atoms with Gasteiger partial charge in [0.05, 0.1) is 5.69 Å². The van der Waals surface area contributed by atoms with Crippen molar-refractivity contribution in [2.24, 2.45) is 0 Å². The number of nitrogens with zero attached hydrogens (tertiary/aromatic N) is 1. The van der Waals surface area contributed by atoms with E-state index in [-0.39, 0.29) is 18.1 Å². The lowest BCUT2D eigenvalue weighted by Crippen LogP contribution is -2.11. The molecule has 0 saturated heterocycles. The summed E-state index contributed by atoms with van der Waals surface area (Å²) in [5.74, 6) is -1.28. The third-order valence-electron chi connectivity index (χ3n) is 1.45. The largest absolute Gasteiger partial charge is 0.479 e. The molecule has 0 fully saturated rings. The summed E-state index contributed by atoms with van der Waals surface area (Å²) in [7, 11) is 0. The van der Waals surface area contributed by atoms with Gasteiger partial charge in [-0.15, -0.1) is 12.4 Å². The maximum atomic E-state index is 10.3. The number of hydrogen-bond acceptors (Lipinski definition) is 3. The van der Waals surface area contributed by atoms with E-state index in [2.05, 4.69) is 4.98 Å². The molecule has 13 heavy (non-hydrogen) atoms. The van der Waals surface area contributed by atoms with E-state index in [0.29, 0.717) is 0 Å². The van der Waals surface area contributed by atoms with Crippen molar-refractivity contribution < 1.29 is 15.0 Å². The van der Waals surface area contributed by atoms with Gasteiger partial charge in [0.15, 0.2) is 6.10 Å². The van der Waals surface area contributed by atoms with E-state index in [1.165, 1.54) is 6.20 Å². The van der Waals surface area contributed by atoms with Crippen LogP contribution in [0.1, 0.15) is 17.4 Å². The first kappa shape index (κ1) is 11.9. The summed E-state index contributed by atoms with van der Waals surface area (Å²) in [4.78, 5) is 14.1. The Balaban J connectivity index is 0.00000144. The Bertz CT molecular complexity index is 303. The second-order valence-electron chi connectivity index (χ2n) is 2.50. The Morgan fingerprint density at radius 1 is 1.62 bits per heavy atom. The quantitative estimate of drug-likeness (QED) is 0.750. The molecule has 0 bridgehead atoms. The molecule has 0 amide bonds.